The molecule has 1 rings (SSSR count). The maximum absolute atomic E-state index is 11.7. The Balaban J connectivity index is -0.0000000881. The van der Waals surface area contributed by atoms with Crippen molar-refractivity contribution in [1.29, 1.82) is 0 Å². The molecule has 0 spiro atoms. The molecule has 3 N–H and O–H groups in total. The van der Waals surface area contributed by atoms with Crippen LogP contribution in [0.25, 0.3) is 17.2 Å². The number of nitrogens with one attached hydrogen (secondary N) is 3. The van der Waals surface area contributed by atoms with E-state index >= 15 is 0 Å². The Morgan fingerprint density at radius 2 is 1.10 bits per heavy atom. The zero-order valence-corrected chi connectivity index (χ0v) is 18.1. The van der Waals surface area contributed by atoms with Gasteiger partial charge >= 0.3 is 25.8 Å². The van der Waals surface area contributed by atoms with Gasteiger partial charge in [-0.25, -0.2) is 12.1 Å². The molecule has 0 atom stereocenters. The minimum absolute atomic E-state index is 0. The van der Waals surface area contributed by atoms with Gasteiger partial charge in [0.2, 0.25) is 0 Å². The molecule has 0 aliphatic carbocycles. The summed E-state index contributed by atoms with van der Waals surface area (Å²) in [6, 6.07) is 7.38. The first kappa shape index (κ1) is 28.4. The summed E-state index contributed by atoms with van der Waals surface area (Å²) in [5, 5.41) is 0.903. The van der Waals surface area contributed by atoms with Crippen LogP contribution in [0.4, 0.5) is 4.11 Å². The van der Waals surface area contributed by atoms with E-state index in [4.69, 9.17) is 17.2 Å². The van der Waals surface area contributed by atoms with Gasteiger partial charge in [0, 0.05) is 0 Å². The van der Waals surface area contributed by atoms with Crippen LogP contribution in [0.5, 0.6) is 0 Å². The van der Waals surface area contributed by atoms with Crippen LogP contribution in [0.15, 0.2) is 24.3 Å². The molecule has 0 bridgehead atoms. The summed E-state index contributed by atoms with van der Waals surface area (Å²) < 4.78 is 11.7. The molecule has 0 radical (unpaired) electrons. The van der Waals surface area contributed by atoms with Gasteiger partial charge < -0.3 is 21.3 Å². The molecular formula is C14H30FHfN3Si. The van der Waals surface area contributed by atoms with Crippen molar-refractivity contribution in [2.45, 2.75) is 40.0 Å². The summed E-state index contributed by atoms with van der Waals surface area (Å²) in [6.45, 7) is 7.69. The van der Waals surface area contributed by atoms with Gasteiger partial charge in [0.1, 0.15) is 0 Å². The van der Waals surface area contributed by atoms with Crippen LogP contribution in [0, 0.1) is 0 Å². The third-order valence-electron chi connectivity index (χ3n) is 1.64. The maximum Gasteiger partial charge on any atom is 4.00 e. The Kier molecular flexibility index (Phi) is 44.9. The van der Waals surface area contributed by atoms with E-state index in [1.807, 2.05) is 45.0 Å². The third kappa shape index (κ3) is 36.2. The number of rotatable bonds is 4. The van der Waals surface area contributed by atoms with Crippen LogP contribution in [-0.4, -0.2) is 29.5 Å². The Morgan fingerprint density at radius 1 is 0.850 bits per heavy atom. The summed E-state index contributed by atoms with van der Waals surface area (Å²) in [7, 11) is -1.37. The van der Waals surface area contributed by atoms with E-state index < -0.39 is 9.85 Å². The van der Waals surface area contributed by atoms with E-state index in [0.29, 0.717) is 19.6 Å². The van der Waals surface area contributed by atoms with Gasteiger partial charge in [-0.2, -0.15) is 31.8 Å². The first-order valence-electron chi connectivity index (χ1n) is 6.88. The largest absolute Gasteiger partial charge is 4.00 e. The number of halogens is 1. The quantitative estimate of drug-likeness (QED) is 0.358. The van der Waals surface area contributed by atoms with Crippen molar-refractivity contribution in [3.05, 3.63) is 41.5 Å². The van der Waals surface area contributed by atoms with E-state index in [0.717, 1.165) is 24.4 Å². The number of hydrogen-bond donors (Lipinski definition) is 0. The van der Waals surface area contributed by atoms with Crippen molar-refractivity contribution >= 4 is 15.0 Å². The first-order chi connectivity index (χ1) is 9.17. The zero-order valence-electron chi connectivity index (χ0n) is 13.1. The van der Waals surface area contributed by atoms with Crippen molar-refractivity contribution in [3.63, 3.8) is 0 Å². The molecule has 1 aromatic carbocycles. The predicted molar refractivity (Wildman–Crippen MR) is 89.8 cm³/mol. The van der Waals surface area contributed by atoms with E-state index in [1.165, 1.54) is 0 Å². The van der Waals surface area contributed by atoms with Crippen LogP contribution in [0.3, 0.4) is 0 Å². The van der Waals surface area contributed by atoms with Crippen molar-refractivity contribution in [2.75, 3.05) is 19.6 Å². The van der Waals surface area contributed by atoms with Gasteiger partial charge in [-0.05, 0) is 0 Å². The second-order valence-corrected chi connectivity index (χ2v) is 4.76. The van der Waals surface area contributed by atoms with Gasteiger partial charge in [0.25, 0.3) is 0 Å². The number of hydrogen-bond acceptors (Lipinski definition) is 0. The molecule has 0 fully saturated rings. The second-order valence-electron chi connectivity index (χ2n) is 3.68. The molecule has 3 nitrogen and oxygen atoms in total. The molecule has 1 aromatic rings. The summed E-state index contributed by atoms with van der Waals surface area (Å²) in [5.74, 6) is 0. The summed E-state index contributed by atoms with van der Waals surface area (Å²) >= 11 is 0. The van der Waals surface area contributed by atoms with Crippen molar-refractivity contribution in [3.8, 4) is 0 Å². The average molecular weight is 466 g/mol. The molecule has 116 valence electrons. The molecule has 0 aliphatic rings. The molecule has 0 saturated heterocycles. The van der Waals surface area contributed by atoms with Gasteiger partial charge in [0.15, 0.2) is 9.85 Å². The molecule has 0 amide bonds. The van der Waals surface area contributed by atoms with Gasteiger partial charge in [-0.3, -0.25) is 0 Å². The fourth-order valence-corrected chi connectivity index (χ4v) is 0.953. The molecule has 0 aromatic heterocycles. The molecular weight excluding hydrogens is 436 g/mol. The van der Waals surface area contributed by atoms with Crippen LogP contribution >= 0.6 is 0 Å². The molecule has 0 aliphatic heterocycles. The SMILES string of the molecule is CCC[NH-].CCC[NH-].CCC[NH-].F[SiH2][c-]1cccc1.[Hf+4]. The van der Waals surface area contributed by atoms with Crippen molar-refractivity contribution in [2.24, 2.45) is 0 Å². The monoisotopic (exact) mass is 467 g/mol. The third-order valence-corrected chi connectivity index (χ3v) is 2.42. The van der Waals surface area contributed by atoms with Gasteiger partial charge in [0.05, 0.1) is 0 Å². The molecule has 0 heterocycles. The maximum atomic E-state index is 11.7. The van der Waals surface area contributed by atoms with Crippen molar-refractivity contribution in [1.82, 2.24) is 0 Å². The van der Waals surface area contributed by atoms with Gasteiger partial charge in [-0.15, -0.1) is 5.19 Å². The van der Waals surface area contributed by atoms with Crippen LogP contribution in [0.1, 0.15) is 40.0 Å². The molecule has 20 heavy (non-hydrogen) atoms. The van der Waals surface area contributed by atoms with E-state index in [9.17, 15) is 4.11 Å². The van der Waals surface area contributed by atoms with E-state index in [2.05, 4.69) is 0 Å². The van der Waals surface area contributed by atoms with Crippen LogP contribution in [-0.2, 0) is 25.8 Å². The normalized spacial score (nSPS) is 8.35. The van der Waals surface area contributed by atoms with Gasteiger partial charge in [-0.1, -0.05) is 40.0 Å². The Morgan fingerprint density at radius 3 is 1.20 bits per heavy atom. The second kappa shape index (κ2) is 31.6. The Hall–Kier alpha value is 0.247. The Bertz CT molecular complexity index is 197. The average Bonchev–Trinajstić information content (AvgIpc) is 3.01. The van der Waals surface area contributed by atoms with Crippen LogP contribution < -0.4 is 5.19 Å². The minimum Gasteiger partial charge on any atom is -0.677 e. The van der Waals surface area contributed by atoms with E-state index in [-0.39, 0.29) is 25.8 Å². The molecule has 6 heteroatoms. The fourth-order valence-electron chi connectivity index (χ4n) is 0.503. The minimum atomic E-state index is -1.37. The van der Waals surface area contributed by atoms with Crippen LogP contribution in [0.2, 0.25) is 0 Å². The van der Waals surface area contributed by atoms with E-state index in [1.54, 1.807) is 0 Å². The molecule has 0 unspecified atom stereocenters. The smallest absolute Gasteiger partial charge is 0.677 e. The standard InChI is InChI=1S/C5H6FSi.3C3H8N.Hf/c6-7-5-3-1-2-4-5;3*1-2-3-4;/h1-4H,7H2;3*4H,2-3H2,1H3;/q4*-1;+4. The summed E-state index contributed by atoms with van der Waals surface area (Å²) in [4.78, 5) is 0. The fraction of sp³-hybridized carbons (Fsp3) is 0.643. The zero-order chi connectivity index (χ0) is 15.4. The predicted octanol–water partition coefficient (Wildman–Crippen LogP) is 4.43. The Labute approximate surface area is 146 Å². The summed E-state index contributed by atoms with van der Waals surface area (Å²) in [6.07, 6.45) is 2.96. The topological polar surface area (TPSA) is 71.4 Å². The molecule has 0 saturated carbocycles. The summed E-state index contributed by atoms with van der Waals surface area (Å²) in [5.41, 5.74) is 19.4. The first-order valence-corrected chi connectivity index (χ1v) is 8.12. The van der Waals surface area contributed by atoms with Crippen molar-refractivity contribution < 1.29 is 30.0 Å².